The van der Waals surface area contributed by atoms with Crippen molar-refractivity contribution in [3.63, 3.8) is 0 Å². The average molecular weight is 475 g/mol. The third-order valence-corrected chi connectivity index (χ3v) is 3.45. The van der Waals surface area contributed by atoms with Gasteiger partial charge < -0.3 is 10.4 Å². The van der Waals surface area contributed by atoms with Crippen LogP contribution in [-0.2, 0) is 0 Å². The smallest absolute Gasteiger partial charge is 0.186 e. The van der Waals surface area contributed by atoms with Gasteiger partial charge in [0.2, 0.25) is 0 Å². The number of phenolic OH excluding ortho intramolecular Hbond substituents is 1. The molecular formula is C10H11I2N3OS. The van der Waals surface area contributed by atoms with E-state index in [0.717, 1.165) is 13.7 Å². The lowest BCUT2D eigenvalue weighted by molar-refractivity contribution is 0.470. The summed E-state index contributed by atoms with van der Waals surface area (Å²) in [6, 6.07) is 3.74. The highest BCUT2D eigenvalue weighted by Crippen LogP contribution is 2.25. The minimum atomic E-state index is 0.228. The van der Waals surface area contributed by atoms with Crippen LogP contribution in [0.25, 0.3) is 0 Å². The van der Waals surface area contributed by atoms with Gasteiger partial charge in [-0.3, -0.25) is 5.43 Å². The van der Waals surface area contributed by atoms with Crippen molar-refractivity contribution in [2.75, 3.05) is 6.54 Å². The molecule has 0 saturated carbocycles. The van der Waals surface area contributed by atoms with Crippen LogP contribution in [0.15, 0.2) is 17.2 Å². The Morgan fingerprint density at radius 2 is 2.24 bits per heavy atom. The number of aromatic hydroxyl groups is 1. The van der Waals surface area contributed by atoms with E-state index in [0.29, 0.717) is 10.7 Å². The zero-order chi connectivity index (χ0) is 12.8. The fourth-order valence-corrected chi connectivity index (χ4v) is 3.13. The molecule has 4 nitrogen and oxygen atoms in total. The first-order chi connectivity index (χ1) is 8.04. The summed E-state index contributed by atoms with van der Waals surface area (Å²) in [7, 11) is 0. The molecule has 0 saturated heterocycles. The van der Waals surface area contributed by atoms with Crippen LogP contribution in [0.5, 0.6) is 5.75 Å². The highest BCUT2D eigenvalue weighted by Gasteiger charge is 2.04. The van der Waals surface area contributed by atoms with Gasteiger partial charge in [0.25, 0.3) is 0 Å². The number of phenols is 1. The molecule has 0 aromatic heterocycles. The van der Waals surface area contributed by atoms with Crippen LogP contribution in [0, 0.1) is 7.14 Å². The minimum absolute atomic E-state index is 0.228. The molecule has 0 radical (unpaired) electrons. The summed E-state index contributed by atoms with van der Waals surface area (Å²) in [5.74, 6) is 0.228. The summed E-state index contributed by atoms with van der Waals surface area (Å²) in [6.07, 6.45) is 1.54. The molecule has 1 aromatic rings. The molecule has 0 aliphatic carbocycles. The molecule has 92 valence electrons. The first-order valence-electron chi connectivity index (χ1n) is 4.79. The number of hydrazone groups is 1. The van der Waals surface area contributed by atoms with Crippen molar-refractivity contribution in [1.29, 1.82) is 0 Å². The third-order valence-electron chi connectivity index (χ3n) is 1.76. The standard InChI is InChI=1S/C10H11I2N3OS/c1-2-13-10(17)15-14-5-6-3-7(11)4-8(12)9(6)16/h3-5,16H,2H2,1H3,(H2,13,15,17)/b14-5-. The second-order valence-corrected chi connectivity index (χ2v) is 5.87. The van der Waals surface area contributed by atoms with Gasteiger partial charge in [-0.15, -0.1) is 0 Å². The molecule has 0 amide bonds. The number of hydrogen-bond donors (Lipinski definition) is 3. The predicted octanol–water partition coefficient (Wildman–Crippen LogP) is 2.42. The second kappa shape index (κ2) is 7.31. The van der Waals surface area contributed by atoms with Crippen molar-refractivity contribution in [3.8, 4) is 5.75 Å². The maximum atomic E-state index is 9.81. The molecule has 17 heavy (non-hydrogen) atoms. The monoisotopic (exact) mass is 475 g/mol. The normalized spacial score (nSPS) is 10.5. The maximum Gasteiger partial charge on any atom is 0.186 e. The molecule has 0 aliphatic rings. The summed E-state index contributed by atoms with van der Waals surface area (Å²) >= 11 is 9.22. The molecule has 1 rings (SSSR count). The Bertz CT molecular complexity index is 451. The summed E-state index contributed by atoms with van der Waals surface area (Å²) in [5, 5.41) is 17.1. The van der Waals surface area contributed by atoms with Gasteiger partial charge in [-0.05, 0) is 76.5 Å². The van der Waals surface area contributed by atoms with Crippen LogP contribution in [0.2, 0.25) is 0 Å². The fourth-order valence-electron chi connectivity index (χ4n) is 1.04. The molecule has 0 aliphatic heterocycles. The molecule has 0 spiro atoms. The van der Waals surface area contributed by atoms with Crippen molar-refractivity contribution in [3.05, 3.63) is 24.8 Å². The van der Waals surface area contributed by atoms with Crippen molar-refractivity contribution in [2.45, 2.75) is 6.92 Å². The Labute approximate surface area is 133 Å². The molecular weight excluding hydrogens is 464 g/mol. The first kappa shape index (κ1) is 14.9. The van der Waals surface area contributed by atoms with Gasteiger partial charge in [-0.2, -0.15) is 5.10 Å². The Balaban J connectivity index is 2.74. The van der Waals surface area contributed by atoms with Crippen molar-refractivity contribution in [2.24, 2.45) is 5.10 Å². The number of thiocarbonyl (C=S) groups is 1. The van der Waals surface area contributed by atoms with E-state index >= 15 is 0 Å². The molecule has 0 bridgehead atoms. The van der Waals surface area contributed by atoms with E-state index in [1.54, 1.807) is 6.21 Å². The fraction of sp³-hybridized carbons (Fsp3) is 0.200. The average Bonchev–Trinajstić information content (AvgIpc) is 2.25. The molecule has 0 heterocycles. The van der Waals surface area contributed by atoms with Crippen LogP contribution in [0.3, 0.4) is 0 Å². The van der Waals surface area contributed by atoms with Gasteiger partial charge in [0.1, 0.15) is 5.75 Å². The van der Waals surface area contributed by atoms with Crippen molar-refractivity contribution >= 4 is 68.7 Å². The Morgan fingerprint density at radius 3 is 2.88 bits per heavy atom. The molecule has 0 fully saturated rings. The zero-order valence-corrected chi connectivity index (χ0v) is 14.1. The topological polar surface area (TPSA) is 56.7 Å². The van der Waals surface area contributed by atoms with Crippen LogP contribution < -0.4 is 10.7 Å². The largest absolute Gasteiger partial charge is 0.506 e. The number of hydrogen-bond acceptors (Lipinski definition) is 3. The summed E-state index contributed by atoms with van der Waals surface area (Å²) < 4.78 is 1.84. The van der Waals surface area contributed by atoms with Gasteiger partial charge in [0.15, 0.2) is 5.11 Å². The van der Waals surface area contributed by atoms with Crippen LogP contribution in [0.1, 0.15) is 12.5 Å². The van der Waals surface area contributed by atoms with Gasteiger partial charge in [0.05, 0.1) is 9.78 Å². The SMILES string of the molecule is CCNC(=S)N/N=C\c1cc(I)cc(I)c1O. The van der Waals surface area contributed by atoms with E-state index in [1.165, 1.54) is 0 Å². The lowest BCUT2D eigenvalue weighted by atomic mass is 10.2. The lowest BCUT2D eigenvalue weighted by Gasteiger charge is -2.04. The van der Waals surface area contributed by atoms with Gasteiger partial charge in [-0.1, -0.05) is 0 Å². The highest BCUT2D eigenvalue weighted by atomic mass is 127. The van der Waals surface area contributed by atoms with Gasteiger partial charge in [0, 0.05) is 15.7 Å². The van der Waals surface area contributed by atoms with Crippen LogP contribution >= 0.6 is 57.4 Å². The Hall–Kier alpha value is -0.160. The zero-order valence-electron chi connectivity index (χ0n) is 9.00. The Kier molecular flexibility index (Phi) is 6.41. The van der Waals surface area contributed by atoms with Crippen molar-refractivity contribution < 1.29 is 5.11 Å². The maximum absolute atomic E-state index is 9.81. The minimum Gasteiger partial charge on any atom is -0.506 e. The second-order valence-electron chi connectivity index (χ2n) is 3.05. The summed E-state index contributed by atoms with van der Waals surface area (Å²) in [5.41, 5.74) is 3.33. The van der Waals surface area contributed by atoms with Gasteiger partial charge in [-0.25, -0.2) is 0 Å². The van der Waals surface area contributed by atoms with Gasteiger partial charge >= 0.3 is 0 Å². The quantitative estimate of drug-likeness (QED) is 0.272. The number of halogens is 2. The number of nitrogens with one attached hydrogen (secondary N) is 2. The van der Waals surface area contributed by atoms with Crippen LogP contribution in [-0.4, -0.2) is 23.0 Å². The number of nitrogens with zero attached hydrogens (tertiary/aromatic N) is 1. The molecule has 0 unspecified atom stereocenters. The summed E-state index contributed by atoms with van der Waals surface area (Å²) in [4.78, 5) is 0. The summed E-state index contributed by atoms with van der Waals surface area (Å²) in [6.45, 7) is 2.69. The first-order valence-corrected chi connectivity index (χ1v) is 7.36. The van der Waals surface area contributed by atoms with E-state index in [-0.39, 0.29) is 5.75 Å². The number of rotatable bonds is 3. The van der Waals surface area contributed by atoms with E-state index in [9.17, 15) is 5.11 Å². The molecule has 1 aromatic carbocycles. The van der Waals surface area contributed by atoms with E-state index in [4.69, 9.17) is 12.2 Å². The molecule has 7 heteroatoms. The van der Waals surface area contributed by atoms with E-state index in [2.05, 4.69) is 61.0 Å². The molecule has 0 atom stereocenters. The third kappa shape index (κ3) is 4.92. The number of benzene rings is 1. The Morgan fingerprint density at radius 1 is 1.53 bits per heavy atom. The lowest BCUT2D eigenvalue weighted by Crippen LogP contribution is -2.31. The predicted molar refractivity (Wildman–Crippen MR) is 90.5 cm³/mol. The van der Waals surface area contributed by atoms with Crippen LogP contribution in [0.4, 0.5) is 0 Å². The van der Waals surface area contributed by atoms with E-state index < -0.39 is 0 Å². The molecule has 3 N–H and O–H groups in total. The van der Waals surface area contributed by atoms with E-state index in [1.807, 2.05) is 19.1 Å². The highest BCUT2D eigenvalue weighted by molar-refractivity contribution is 14.1. The van der Waals surface area contributed by atoms with Crippen molar-refractivity contribution in [1.82, 2.24) is 10.7 Å².